The largest absolute Gasteiger partial charge is 0.481 e. The van der Waals surface area contributed by atoms with Crippen LogP contribution in [-0.4, -0.2) is 34.7 Å². The molecule has 114 valence electrons. The van der Waals surface area contributed by atoms with E-state index in [4.69, 9.17) is 5.11 Å². The predicted octanol–water partition coefficient (Wildman–Crippen LogP) is 2.01. The third kappa shape index (κ3) is 5.30. The van der Waals surface area contributed by atoms with Crippen LogP contribution in [0.25, 0.3) is 0 Å². The minimum Gasteiger partial charge on any atom is -0.481 e. The van der Waals surface area contributed by atoms with Crippen molar-refractivity contribution in [3.8, 4) is 0 Å². The van der Waals surface area contributed by atoms with E-state index in [2.05, 4.69) is 10.6 Å². The molecule has 1 heterocycles. The first-order valence-electron chi connectivity index (χ1n) is 7.06. The summed E-state index contributed by atoms with van der Waals surface area (Å²) in [6, 6.07) is 7.34. The van der Waals surface area contributed by atoms with Gasteiger partial charge in [-0.3, -0.25) is 4.79 Å². The van der Waals surface area contributed by atoms with Crippen molar-refractivity contribution >= 4 is 23.8 Å². The van der Waals surface area contributed by atoms with E-state index in [1.165, 1.54) is 0 Å². The average molecular weight is 308 g/mol. The number of urea groups is 1. The number of rotatable bonds is 5. The van der Waals surface area contributed by atoms with Gasteiger partial charge in [0.15, 0.2) is 0 Å². The van der Waals surface area contributed by atoms with Gasteiger partial charge < -0.3 is 15.7 Å². The summed E-state index contributed by atoms with van der Waals surface area (Å²) in [7, 11) is 0. The molecule has 21 heavy (non-hydrogen) atoms. The van der Waals surface area contributed by atoms with E-state index >= 15 is 0 Å². The summed E-state index contributed by atoms with van der Waals surface area (Å²) in [6.45, 7) is 0.344. The lowest BCUT2D eigenvalue weighted by atomic mass is 10.0. The fourth-order valence-electron chi connectivity index (χ4n) is 2.32. The second-order valence-electron chi connectivity index (χ2n) is 5.05. The molecule has 1 aliphatic heterocycles. The van der Waals surface area contributed by atoms with Crippen LogP contribution in [0.2, 0.25) is 0 Å². The molecule has 0 aliphatic carbocycles. The summed E-state index contributed by atoms with van der Waals surface area (Å²) < 4.78 is 0. The van der Waals surface area contributed by atoms with Gasteiger partial charge in [-0.1, -0.05) is 24.3 Å². The van der Waals surface area contributed by atoms with Crippen molar-refractivity contribution in [2.75, 3.05) is 11.5 Å². The van der Waals surface area contributed by atoms with Crippen LogP contribution in [0, 0.1) is 0 Å². The molecule has 1 aromatic rings. The average Bonchev–Trinajstić information content (AvgIpc) is 2.47. The Morgan fingerprint density at radius 2 is 1.86 bits per heavy atom. The number of carbonyl (C=O) groups excluding carboxylic acids is 1. The van der Waals surface area contributed by atoms with Gasteiger partial charge in [-0.2, -0.15) is 11.8 Å². The van der Waals surface area contributed by atoms with E-state index in [0.29, 0.717) is 6.54 Å². The van der Waals surface area contributed by atoms with Gasteiger partial charge in [0.05, 0.1) is 6.42 Å². The third-order valence-electron chi connectivity index (χ3n) is 3.46. The van der Waals surface area contributed by atoms with Crippen LogP contribution < -0.4 is 10.6 Å². The van der Waals surface area contributed by atoms with Gasteiger partial charge in [-0.25, -0.2) is 4.79 Å². The van der Waals surface area contributed by atoms with Gasteiger partial charge in [-0.15, -0.1) is 0 Å². The first-order valence-corrected chi connectivity index (χ1v) is 8.21. The Morgan fingerprint density at radius 3 is 2.52 bits per heavy atom. The number of carboxylic acid groups (broad SMARTS) is 1. The molecule has 5 nitrogen and oxygen atoms in total. The lowest BCUT2D eigenvalue weighted by Crippen LogP contribution is -2.43. The van der Waals surface area contributed by atoms with Gasteiger partial charge in [0.2, 0.25) is 0 Å². The van der Waals surface area contributed by atoms with E-state index in [1.54, 1.807) is 6.07 Å². The molecule has 0 unspecified atom stereocenters. The molecule has 0 radical (unpaired) electrons. The molecule has 6 heteroatoms. The lowest BCUT2D eigenvalue weighted by molar-refractivity contribution is -0.136. The number of hydrogen-bond acceptors (Lipinski definition) is 3. The van der Waals surface area contributed by atoms with Crippen LogP contribution >= 0.6 is 11.8 Å². The fourth-order valence-corrected chi connectivity index (χ4v) is 3.43. The maximum absolute atomic E-state index is 11.9. The fraction of sp³-hybridized carbons (Fsp3) is 0.467. The van der Waals surface area contributed by atoms with Crippen molar-refractivity contribution < 1.29 is 14.7 Å². The van der Waals surface area contributed by atoms with Gasteiger partial charge in [0.1, 0.15) is 0 Å². The highest BCUT2D eigenvalue weighted by Gasteiger charge is 2.15. The molecule has 0 atom stereocenters. The predicted molar refractivity (Wildman–Crippen MR) is 83.5 cm³/mol. The number of nitrogens with one attached hydrogen (secondary N) is 2. The normalized spacial score (nSPS) is 15.4. The monoisotopic (exact) mass is 308 g/mol. The number of hydrogen-bond donors (Lipinski definition) is 3. The van der Waals surface area contributed by atoms with Gasteiger partial charge in [0, 0.05) is 12.6 Å². The molecular weight excluding hydrogens is 288 g/mol. The summed E-state index contributed by atoms with van der Waals surface area (Å²) in [5.74, 6) is 1.31. The standard InChI is InChI=1S/C15H20N2O3S/c18-14(19)9-11-3-1-2-4-12(11)10-16-15(20)17-13-5-7-21-8-6-13/h1-4,13H,5-10H2,(H,18,19)(H2,16,17,20). The molecule has 2 amide bonds. The minimum atomic E-state index is -0.869. The van der Waals surface area contributed by atoms with Crippen LogP contribution in [0.15, 0.2) is 24.3 Å². The summed E-state index contributed by atoms with van der Waals surface area (Å²) >= 11 is 1.92. The molecular formula is C15H20N2O3S. The van der Waals surface area contributed by atoms with Gasteiger partial charge in [-0.05, 0) is 35.5 Å². The van der Waals surface area contributed by atoms with E-state index in [9.17, 15) is 9.59 Å². The molecule has 0 spiro atoms. The third-order valence-corrected chi connectivity index (χ3v) is 4.50. The number of thioether (sulfide) groups is 1. The quantitative estimate of drug-likeness (QED) is 0.777. The lowest BCUT2D eigenvalue weighted by Gasteiger charge is -2.22. The summed E-state index contributed by atoms with van der Waals surface area (Å²) in [4.78, 5) is 22.7. The van der Waals surface area contributed by atoms with Crippen molar-refractivity contribution in [1.29, 1.82) is 0 Å². The number of benzene rings is 1. The Morgan fingerprint density at radius 1 is 1.19 bits per heavy atom. The molecule has 0 saturated carbocycles. The van der Waals surface area contributed by atoms with E-state index in [-0.39, 0.29) is 18.5 Å². The topological polar surface area (TPSA) is 78.4 Å². The molecule has 1 fully saturated rings. The molecule has 0 bridgehead atoms. The second kappa shape index (κ2) is 7.93. The zero-order chi connectivity index (χ0) is 15.1. The Kier molecular flexibility index (Phi) is 5.92. The van der Waals surface area contributed by atoms with E-state index in [0.717, 1.165) is 35.5 Å². The second-order valence-corrected chi connectivity index (χ2v) is 6.28. The zero-order valence-corrected chi connectivity index (χ0v) is 12.6. The van der Waals surface area contributed by atoms with Gasteiger partial charge in [0.25, 0.3) is 0 Å². The van der Waals surface area contributed by atoms with Gasteiger partial charge >= 0.3 is 12.0 Å². The highest BCUT2D eigenvalue weighted by Crippen LogP contribution is 2.16. The maximum Gasteiger partial charge on any atom is 0.315 e. The van der Waals surface area contributed by atoms with Crippen LogP contribution in [0.1, 0.15) is 24.0 Å². The molecule has 1 aliphatic rings. The Labute approximate surface area is 128 Å². The molecule has 1 saturated heterocycles. The first kappa shape index (κ1) is 15.7. The number of amides is 2. The summed E-state index contributed by atoms with van der Waals surface area (Å²) in [5, 5.41) is 14.7. The maximum atomic E-state index is 11.9. The van der Waals surface area contributed by atoms with E-state index in [1.807, 2.05) is 30.0 Å². The Hall–Kier alpha value is -1.69. The van der Waals surface area contributed by atoms with Crippen molar-refractivity contribution in [3.63, 3.8) is 0 Å². The van der Waals surface area contributed by atoms with Crippen LogP contribution in [0.4, 0.5) is 4.79 Å². The van der Waals surface area contributed by atoms with Crippen LogP contribution in [0.5, 0.6) is 0 Å². The first-order chi connectivity index (χ1) is 10.1. The van der Waals surface area contributed by atoms with Crippen molar-refractivity contribution in [2.45, 2.75) is 31.8 Å². The van der Waals surface area contributed by atoms with E-state index < -0.39 is 5.97 Å². The van der Waals surface area contributed by atoms with Crippen molar-refractivity contribution in [1.82, 2.24) is 10.6 Å². The van der Waals surface area contributed by atoms with Crippen LogP contribution in [0.3, 0.4) is 0 Å². The Balaban J connectivity index is 1.84. The number of carboxylic acids is 1. The molecule has 3 N–H and O–H groups in total. The summed E-state index contributed by atoms with van der Waals surface area (Å²) in [6.07, 6.45) is 1.99. The van der Waals surface area contributed by atoms with Crippen molar-refractivity contribution in [3.05, 3.63) is 35.4 Å². The highest BCUT2D eigenvalue weighted by atomic mass is 32.2. The number of aliphatic carboxylic acids is 1. The molecule has 2 rings (SSSR count). The number of carbonyl (C=O) groups is 2. The van der Waals surface area contributed by atoms with Crippen LogP contribution in [-0.2, 0) is 17.8 Å². The molecule has 0 aromatic heterocycles. The zero-order valence-electron chi connectivity index (χ0n) is 11.8. The SMILES string of the molecule is O=C(O)Cc1ccccc1CNC(=O)NC1CCSCC1. The van der Waals surface area contributed by atoms with Crippen molar-refractivity contribution in [2.24, 2.45) is 0 Å². The molecule has 1 aromatic carbocycles. The minimum absolute atomic E-state index is 0.0285. The summed E-state index contributed by atoms with van der Waals surface area (Å²) in [5.41, 5.74) is 1.58. The Bertz CT molecular complexity index is 501. The highest BCUT2D eigenvalue weighted by molar-refractivity contribution is 7.99. The smallest absolute Gasteiger partial charge is 0.315 e.